The molecular weight excluding hydrogens is 381 g/mol. The van der Waals surface area contributed by atoms with Crippen LogP contribution in [0.1, 0.15) is 36.5 Å². The number of likely N-dealkylation sites (tertiary alicyclic amines) is 1. The fourth-order valence-electron chi connectivity index (χ4n) is 2.27. The Hall–Kier alpha value is -0.0600. The smallest absolute Gasteiger partial charge is 0.255 e. The second-order valence-electron chi connectivity index (χ2n) is 4.59. The number of carbonyl (C=O) groups excluding carboxylic acids is 1. The standard InChI is InChI=1S/C13H14Br2ClNO/c1-8-4-2-3-5-17(8)13(18)10-6-9(14)7-11(15)12(10)16/h6-8H,2-5H2,1H3/t8-/m0/s1. The normalized spacial score (nSPS) is 20.0. The molecule has 18 heavy (non-hydrogen) atoms. The fraction of sp³-hybridized carbons (Fsp3) is 0.462. The maximum atomic E-state index is 12.5. The highest BCUT2D eigenvalue weighted by atomic mass is 79.9. The number of rotatable bonds is 1. The monoisotopic (exact) mass is 393 g/mol. The third kappa shape index (κ3) is 2.91. The number of hydrogen-bond donors (Lipinski definition) is 0. The van der Waals surface area contributed by atoms with Crippen molar-refractivity contribution in [2.75, 3.05) is 6.54 Å². The van der Waals surface area contributed by atoms with Gasteiger partial charge in [-0.1, -0.05) is 27.5 Å². The molecule has 0 aromatic heterocycles. The molecule has 0 spiro atoms. The van der Waals surface area contributed by atoms with Gasteiger partial charge in [0.2, 0.25) is 0 Å². The van der Waals surface area contributed by atoms with Crippen LogP contribution in [0.3, 0.4) is 0 Å². The van der Waals surface area contributed by atoms with Crippen molar-refractivity contribution in [3.8, 4) is 0 Å². The summed E-state index contributed by atoms with van der Waals surface area (Å²) < 4.78 is 1.60. The van der Waals surface area contributed by atoms with Crippen LogP contribution < -0.4 is 0 Å². The third-order valence-corrected chi connectivity index (χ3v) is 5.01. The minimum Gasteiger partial charge on any atom is -0.336 e. The molecule has 2 rings (SSSR count). The summed E-state index contributed by atoms with van der Waals surface area (Å²) in [5, 5.41) is 0.487. The molecule has 0 radical (unpaired) electrons. The van der Waals surface area contributed by atoms with Gasteiger partial charge in [-0.2, -0.15) is 0 Å². The third-order valence-electron chi connectivity index (χ3n) is 3.29. The van der Waals surface area contributed by atoms with Crippen LogP contribution in [0, 0.1) is 0 Å². The summed E-state index contributed by atoms with van der Waals surface area (Å²) in [4.78, 5) is 14.5. The molecule has 0 aliphatic carbocycles. The summed E-state index contributed by atoms with van der Waals surface area (Å²) in [6.45, 7) is 2.92. The van der Waals surface area contributed by atoms with E-state index in [-0.39, 0.29) is 5.91 Å². The lowest BCUT2D eigenvalue weighted by atomic mass is 10.0. The van der Waals surface area contributed by atoms with Crippen LogP contribution in [-0.2, 0) is 0 Å². The quantitative estimate of drug-likeness (QED) is 0.621. The van der Waals surface area contributed by atoms with E-state index < -0.39 is 0 Å². The number of carbonyl (C=O) groups is 1. The molecule has 0 unspecified atom stereocenters. The minimum absolute atomic E-state index is 0.0224. The Bertz CT molecular complexity index is 478. The van der Waals surface area contributed by atoms with Crippen molar-refractivity contribution in [1.82, 2.24) is 4.90 Å². The molecular formula is C13H14Br2ClNO. The number of halogens is 3. The number of nitrogens with zero attached hydrogens (tertiary/aromatic N) is 1. The summed E-state index contributed by atoms with van der Waals surface area (Å²) in [7, 11) is 0. The highest BCUT2D eigenvalue weighted by Crippen LogP contribution is 2.32. The van der Waals surface area contributed by atoms with Gasteiger partial charge in [-0.05, 0) is 54.2 Å². The first-order valence-corrected chi connectivity index (χ1v) is 7.92. The molecule has 1 saturated heterocycles. The van der Waals surface area contributed by atoms with E-state index in [1.54, 1.807) is 6.07 Å². The first-order chi connectivity index (χ1) is 8.50. The summed E-state index contributed by atoms with van der Waals surface area (Å²) in [6.07, 6.45) is 3.34. The van der Waals surface area contributed by atoms with Crippen molar-refractivity contribution in [1.29, 1.82) is 0 Å². The molecule has 1 heterocycles. The van der Waals surface area contributed by atoms with Crippen molar-refractivity contribution in [2.45, 2.75) is 32.2 Å². The highest BCUT2D eigenvalue weighted by Gasteiger charge is 2.26. The van der Waals surface area contributed by atoms with Gasteiger partial charge in [0.25, 0.3) is 5.91 Å². The van der Waals surface area contributed by atoms with E-state index in [1.165, 1.54) is 6.42 Å². The Morgan fingerprint density at radius 3 is 2.78 bits per heavy atom. The van der Waals surface area contributed by atoms with Gasteiger partial charge in [-0.3, -0.25) is 4.79 Å². The first kappa shape index (κ1) is 14.4. The molecule has 0 bridgehead atoms. The average molecular weight is 396 g/mol. The van der Waals surface area contributed by atoms with Gasteiger partial charge in [0.15, 0.2) is 0 Å². The molecule has 2 nitrogen and oxygen atoms in total. The zero-order valence-corrected chi connectivity index (χ0v) is 14.0. The Morgan fingerprint density at radius 2 is 2.11 bits per heavy atom. The second-order valence-corrected chi connectivity index (χ2v) is 6.74. The Morgan fingerprint density at radius 1 is 1.39 bits per heavy atom. The summed E-state index contributed by atoms with van der Waals surface area (Å²) in [5.41, 5.74) is 0.562. The Kier molecular flexibility index (Phi) is 4.73. The second kappa shape index (κ2) is 5.93. The Labute approximate surface area is 129 Å². The van der Waals surface area contributed by atoms with Crippen molar-refractivity contribution in [3.05, 3.63) is 31.7 Å². The average Bonchev–Trinajstić information content (AvgIpc) is 2.33. The van der Waals surface area contributed by atoms with Gasteiger partial charge in [-0.15, -0.1) is 0 Å². The number of benzene rings is 1. The van der Waals surface area contributed by atoms with Gasteiger partial charge in [-0.25, -0.2) is 0 Å². The topological polar surface area (TPSA) is 20.3 Å². The van der Waals surface area contributed by atoms with E-state index in [2.05, 4.69) is 38.8 Å². The molecule has 1 aromatic carbocycles. The Balaban J connectivity index is 2.33. The molecule has 98 valence electrons. The van der Waals surface area contributed by atoms with E-state index in [0.29, 0.717) is 16.6 Å². The van der Waals surface area contributed by atoms with Crippen molar-refractivity contribution >= 4 is 49.4 Å². The van der Waals surface area contributed by atoms with Gasteiger partial charge >= 0.3 is 0 Å². The molecule has 5 heteroatoms. The minimum atomic E-state index is 0.0224. The van der Waals surface area contributed by atoms with E-state index in [1.807, 2.05) is 11.0 Å². The van der Waals surface area contributed by atoms with E-state index in [9.17, 15) is 4.79 Å². The zero-order valence-electron chi connectivity index (χ0n) is 10.0. The predicted molar refractivity (Wildman–Crippen MR) is 81.2 cm³/mol. The van der Waals surface area contributed by atoms with Crippen molar-refractivity contribution in [2.24, 2.45) is 0 Å². The maximum Gasteiger partial charge on any atom is 0.255 e. The number of hydrogen-bond acceptors (Lipinski definition) is 1. The van der Waals surface area contributed by atoms with Crippen LogP contribution in [0.15, 0.2) is 21.1 Å². The van der Waals surface area contributed by atoms with Gasteiger partial charge in [0.05, 0.1) is 10.6 Å². The SMILES string of the molecule is C[C@H]1CCCCN1C(=O)c1cc(Br)cc(Br)c1Cl. The van der Waals surface area contributed by atoms with Crippen LogP contribution in [0.4, 0.5) is 0 Å². The molecule has 1 fully saturated rings. The van der Waals surface area contributed by atoms with Crippen LogP contribution in [-0.4, -0.2) is 23.4 Å². The summed E-state index contributed by atoms with van der Waals surface area (Å²) >= 11 is 13.0. The number of amides is 1. The van der Waals surface area contributed by atoms with Crippen LogP contribution in [0.5, 0.6) is 0 Å². The molecule has 0 N–H and O–H groups in total. The molecule has 0 saturated carbocycles. The summed E-state index contributed by atoms with van der Waals surface area (Å²) in [6, 6.07) is 3.93. The largest absolute Gasteiger partial charge is 0.336 e. The van der Waals surface area contributed by atoms with Crippen LogP contribution >= 0.6 is 43.5 Å². The first-order valence-electron chi connectivity index (χ1n) is 5.96. The van der Waals surface area contributed by atoms with Crippen molar-refractivity contribution in [3.63, 3.8) is 0 Å². The lowest BCUT2D eigenvalue weighted by Crippen LogP contribution is -2.42. The van der Waals surface area contributed by atoms with E-state index >= 15 is 0 Å². The maximum absolute atomic E-state index is 12.5. The van der Waals surface area contributed by atoms with Crippen molar-refractivity contribution < 1.29 is 4.79 Å². The predicted octanol–water partition coefficient (Wildman–Crippen LogP) is 4.88. The number of piperidine rings is 1. The van der Waals surface area contributed by atoms with E-state index in [4.69, 9.17) is 11.6 Å². The van der Waals surface area contributed by atoms with Crippen LogP contribution in [0.2, 0.25) is 5.02 Å². The molecule has 1 aliphatic heterocycles. The van der Waals surface area contributed by atoms with Gasteiger partial charge in [0, 0.05) is 21.5 Å². The van der Waals surface area contributed by atoms with Gasteiger partial charge < -0.3 is 4.90 Å². The fourth-order valence-corrected chi connectivity index (χ4v) is 3.68. The zero-order chi connectivity index (χ0) is 13.3. The molecule has 1 aromatic rings. The highest BCUT2D eigenvalue weighted by molar-refractivity contribution is 9.11. The lowest BCUT2D eigenvalue weighted by molar-refractivity contribution is 0.0635. The van der Waals surface area contributed by atoms with E-state index in [0.717, 1.165) is 28.3 Å². The summed E-state index contributed by atoms with van der Waals surface area (Å²) in [5.74, 6) is 0.0224. The molecule has 1 amide bonds. The molecule has 1 atom stereocenters. The van der Waals surface area contributed by atoms with Gasteiger partial charge in [0.1, 0.15) is 0 Å². The lowest BCUT2D eigenvalue weighted by Gasteiger charge is -2.33. The van der Waals surface area contributed by atoms with Crippen LogP contribution in [0.25, 0.3) is 0 Å². The molecule has 1 aliphatic rings.